The van der Waals surface area contributed by atoms with E-state index in [2.05, 4.69) is 10.6 Å². The van der Waals surface area contributed by atoms with Gasteiger partial charge in [-0.1, -0.05) is 25.1 Å². The predicted molar refractivity (Wildman–Crippen MR) is 93.6 cm³/mol. The summed E-state index contributed by atoms with van der Waals surface area (Å²) in [5, 5.41) is 14.7. The standard InChI is InChI=1S/C19H19N3O2/c1-2-12-21-19(23)15(13-20)14-22-16-8-10-18(11-9-16)24-17-6-4-3-5-7-17/h3-11,14,22H,2,12H2,1H3,(H,21,23)/b15-14-. The third-order valence-corrected chi connectivity index (χ3v) is 3.12. The molecule has 0 unspecified atom stereocenters. The molecule has 0 aliphatic heterocycles. The second kappa shape index (κ2) is 9.01. The zero-order valence-electron chi connectivity index (χ0n) is 13.5. The van der Waals surface area contributed by atoms with Crippen molar-refractivity contribution in [3.8, 4) is 17.6 Å². The van der Waals surface area contributed by atoms with E-state index in [4.69, 9.17) is 10.00 Å². The number of carbonyl (C=O) groups excluding carboxylic acids is 1. The number of carbonyl (C=O) groups is 1. The van der Waals surface area contributed by atoms with Gasteiger partial charge in [-0.25, -0.2) is 0 Å². The van der Waals surface area contributed by atoms with Crippen LogP contribution in [-0.2, 0) is 4.79 Å². The topological polar surface area (TPSA) is 74.2 Å². The van der Waals surface area contributed by atoms with Crippen molar-refractivity contribution in [1.82, 2.24) is 5.32 Å². The molecular weight excluding hydrogens is 302 g/mol. The quantitative estimate of drug-likeness (QED) is 0.600. The van der Waals surface area contributed by atoms with Crippen molar-refractivity contribution >= 4 is 11.6 Å². The summed E-state index contributed by atoms with van der Waals surface area (Å²) in [5.74, 6) is 1.09. The normalized spacial score (nSPS) is 10.6. The highest BCUT2D eigenvalue weighted by Gasteiger charge is 2.07. The molecule has 0 atom stereocenters. The van der Waals surface area contributed by atoms with E-state index in [0.717, 1.165) is 17.9 Å². The molecule has 24 heavy (non-hydrogen) atoms. The van der Waals surface area contributed by atoms with E-state index in [0.29, 0.717) is 12.3 Å². The smallest absolute Gasteiger partial charge is 0.263 e. The van der Waals surface area contributed by atoms with E-state index in [1.54, 1.807) is 0 Å². The van der Waals surface area contributed by atoms with Crippen molar-refractivity contribution in [2.45, 2.75) is 13.3 Å². The molecule has 1 amide bonds. The Bertz CT molecular complexity index is 731. The van der Waals surface area contributed by atoms with Crippen LogP contribution in [0, 0.1) is 11.3 Å². The summed E-state index contributed by atoms with van der Waals surface area (Å²) in [5.41, 5.74) is 0.791. The van der Waals surface area contributed by atoms with Gasteiger partial charge >= 0.3 is 0 Å². The zero-order valence-corrected chi connectivity index (χ0v) is 13.5. The molecule has 0 spiro atoms. The Labute approximate surface area is 141 Å². The molecule has 0 bridgehead atoms. The van der Waals surface area contributed by atoms with Crippen LogP contribution in [0.15, 0.2) is 66.4 Å². The molecule has 0 aliphatic carbocycles. The van der Waals surface area contributed by atoms with Crippen LogP contribution in [0.2, 0.25) is 0 Å². The summed E-state index contributed by atoms with van der Waals surface area (Å²) < 4.78 is 5.70. The van der Waals surface area contributed by atoms with Gasteiger partial charge in [-0.2, -0.15) is 5.26 Å². The number of nitrogens with zero attached hydrogens (tertiary/aromatic N) is 1. The van der Waals surface area contributed by atoms with Gasteiger partial charge < -0.3 is 15.4 Å². The largest absolute Gasteiger partial charge is 0.457 e. The number of amides is 1. The Hall–Kier alpha value is -3.26. The highest BCUT2D eigenvalue weighted by atomic mass is 16.5. The van der Waals surface area contributed by atoms with Gasteiger partial charge in [0.2, 0.25) is 0 Å². The molecule has 2 N–H and O–H groups in total. The van der Waals surface area contributed by atoms with E-state index in [1.807, 2.05) is 67.6 Å². The van der Waals surface area contributed by atoms with Gasteiger partial charge in [0, 0.05) is 18.4 Å². The Balaban J connectivity index is 1.97. The van der Waals surface area contributed by atoms with E-state index in [-0.39, 0.29) is 11.5 Å². The van der Waals surface area contributed by atoms with Gasteiger partial charge in [-0.05, 0) is 42.8 Å². The molecule has 5 heteroatoms. The molecule has 2 rings (SSSR count). The molecule has 0 fully saturated rings. The Morgan fingerprint density at radius 2 is 1.79 bits per heavy atom. The summed E-state index contributed by atoms with van der Waals surface area (Å²) in [6.07, 6.45) is 2.22. The summed E-state index contributed by atoms with van der Waals surface area (Å²) in [4.78, 5) is 11.7. The van der Waals surface area contributed by atoms with Crippen molar-refractivity contribution in [3.05, 3.63) is 66.4 Å². The van der Waals surface area contributed by atoms with Crippen LogP contribution < -0.4 is 15.4 Å². The summed E-state index contributed by atoms with van der Waals surface area (Å²) in [6.45, 7) is 2.50. The number of rotatable bonds is 7. The van der Waals surface area contributed by atoms with Gasteiger partial charge in [0.05, 0.1) is 0 Å². The molecule has 5 nitrogen and oxygen atoms in total. The third kappa shape index (κ3) is 5.18. The second-order valence-corrected chi connectivity index (χ2v) is 5.01. The fraction of sp³-hybridized carbons (Fsp3) is 0.158. The maximum absolute atomic E-state index is 11.7. The number of nitrogens with one attached hydrogen (secondary N) is 2. The van der Waals surface area contributed by atoms with Gasteiger partial charge in [0.25, 0.3) is 5.91 Å². The molecule has 0 saturated carbocycles. The summed E-state index contributed by atoms with van der Waals surface area (Å²) in [7, 11) is 0. The van der Waals surface area contributed by atoms with Crippen LogP contribution in [-0.4, -0.2) is 12.5 Å². The van der Waals surface area contributed by atoms with Gasteiger partial charge in [-0.3, -0.25) is 4.79 Å². The minimum Gasteiger partial charge on any atom is -0.457 e. The van der Waals surface area contributed by atoms with E-state index in [1.165, 1.54) is 6.20 Å². The Kier molecular flexibility index (Phi) is 6.42. The first-order valence-electron chi connectivity index (χ1n) is 7.71. The van der Waals surface area contributed by atoms with Crippen LogP contribution in [0.5, 0.6) is 11.5 Å². The molecule has 2 aromatic rings. The van der Waals surface area contributed by atoms with Gasteiger partial charge in [0.1, 0.15) is 23.1 Å². The molecule has 0 radical (unpaired) electrons. The number of hydrogen-bond acceptors (Lipinski definition) is 4. The SMILES string of the molecule is CCCNC(=O)/C(C#N)=C\Nc1ccc(Oc2ccccc2)cc1. The Morgan fingerprint density at radius 1 is 1.12 bits per heavy atom. The minimum absolute atomic E-state index is 0.0352. The van der Waals surface area contributed by atoms with Crippen LogP contribution in [0.4, 0.5) is 5.69 Å². The number of nitriles is 1. The molecule has 0 saturated heterocycles. The van der Waals surface area contributed by atoms with Crippen molar-refractivity contribution in [1.29, 1.82) is 5.26 Å². The first kappa shape index (κ1) is 17.1. The summed E-state index contributed by atoms with van der Waals surface area (Å²) in [6, 6.07) is 18.6. The number of benzene rings is 2. The number of hydrogen-bond donors (Lipinski definition) is 2. The average Bonchev–Trinajstić information content (AvgIpc) is 2.62. The van der Waals surface area contributed by atoms with E-state index in [9.17, 15) is 4.79 Å². The first-order chi connectivity index (χ1) is 11.7. The van der Waals surface area contributed by atoms with Crippen molar-refractivity contribution in [2.75, 3.05) is 11.9 Å². The monoisotopic (exact) mass is 321 g/mol. The van der Waals surface area contributed by atoms with Crippen LogP contribution in [0.25, 0.3) is 0 Å². The molecule has 0 heterocycles. The van der Waals surface area contributed by atoms with Crippen molar-refractivity contribution in [3.63, 3.8) is 0 Å². The fourth-order valence-electron chi connectivity index (χ4n) is 1.88. The van der Waals surface area contributed by atoms with Crippen LogP contribution in [0.1, 0.15) is 13.3 Å². The highest BCUT2D eigenvalue weighted by molar-refractivity contribution is 5.97. The number of ether oxygens (including phenoxy) is 1. The molecule has 0 aliphatic rings. The van der Waals surface area contributed by atoms with Crippen molar-refractivity contribution in [2.24, 2.45) is 0 Å². The first-order valence-corrected chi connectivity index (χ1v) is 7.71. The fourth-order valence-corrected chi connectivity index (χ4v) is 1.88. The molecular formula is C19H19N3O2. The van der Waals surface area contributed by atoms with Crippen LogP contribution >= 0.6 is 0 Å². The maximum atomic E-state index is 11.7. The molecule has 122 valence electrons. The number of anilines is 1. The Morgan fingerprint density at radius 3 is 2.42 bits per heavy atom. The number of para-hydroxylation sites is 1. The predicted octanol–water partition coefficient (Wildman–Crippen LogP) is 3.82. The summed E-state index contributed by atoms with van der Waals surface area (Å²) >= 11 is 0. The maximum Gasteiger partial charge on any atom is 0.263 e. The minimum atomic E-state index is -0.379. The van der Waals surface area contributed by atoms with Crippen molar-refractivity contribution < 1.29 is 9.53 Å². The lowest BCUT2D eigenvalue weighted by atomic mass is 10.2. The third-order valence-electron chi connectivity index (χ3n) is 3.12. The average molecular weight is 321 g/mol. The molecule has 0 aromatic heterocycles. The van der Waals surface area contributed by atoms with Gasteiger partial charge in [0.15, 0.2) is 0 Å². The van der Waals surface area contributed by atoms with Gasteiger partial charge in [-0.15, -0.1) is 0 Å². The zero-order chi connectivity index (χ0) is 17.2. The van der Waals surface area contributed by atoms with Crippen LogP contribution in [0.3, 0.4) is 0 Å². The lowest BCUT2D eigenvalue weighted by molar-refractivity contribution is -0.117. The lowest BCUT2D eigenvalue weighted by Crippen LogP contribution is -2.25. The van der Waals surface area contributed by atoms with E-state index < -0.39 is 0 Å². The second-order valence-electron chi connectivity index (χ2n) is 5.01. The molecule has 2 aromatic carbocycles. The lowest BCUT2D eigenvalue weighted by Gasteiger charge is -2.07. The highest BCUT2D eigenvalue weighted by Crippen LogP contribution is 2.22. The van der Waals surface area contributed by atoms with E-state index >= 15 is 0 Å².